The molecule has 0 aromatic rings. The second-order valence-corrected chi connectivity index (χ2v) is 9.27. The number of Topliss-reactive ketones (excluding diaryl/α,β-unsaturated/α-hetero) is 1. The Labute approximate surface area is 190 Å². The fourth-order valence-electron chi connectivity index (χ4n) is 3.53. The Morgan fingerprint density at radius 1 is 0.806 bits per heavy atom. The highest BCUT2D eigenvalue weighted by Gasteiger charge is 2.38. The normalized spacial score (nSPS) is 16.1. The zero-order valence-electron chi connectivity index (χ0n) is 20.8. The summed E-state index contributed by atoms with van der Waals surface area (Å²) in [6, 6.07) is 0. The van der Waals surface area contributed by atoms with E-state index in [0.717, 1.165) is 51.4 Å². The molecule has 0 N–H and O–H groups in total. The first kappa shape index (κ1) is 27.1. The molecular weight excluding hydrogens is 384 g/mol. The Hall–Kier alpha value is -1.90. The van der Waals surface area contributed by atoms with E-state index in [1.807, 2.05) is 0 Å². The molecule has 0 aromatic carbocycles. The van der Waals surface area contributed by atoms with Gasteiger partial charge >= 0.3 is 5.97 Å². The highest BCUT2D eigenvalue weighted by Crippen LogP contribution is 2.34. The summed E-state index contributed by atoms with van der Waals surface area (Å²) < 4.78 is 5.13. The number of carbonyl (C=O) groups excluding carboxylic acids is 2. The van der Waals surface area contributed by atoms with Crippen LogP contribution in [0.5, 0.6) is 0 Å². The molecule has 0 amide bonds. The van der Waals surface area contributed by atoms with E-state index in [0.29, 0.717) is 13.0 Å². The van der Waals surface area contributed by atoms with Crippen LogP contribution in [0.2, 0.25) is 0 Å². The predicted molar refractivity (Wildman–Crippen MR) is 131 cm³/mol. The van der Waals surface area contributed by atoms with Crippen LogP contribution in [-0.4, -0.2) is 18.4 Å². The summed E-state index contributed by atoms with van der Waals surface area (Å²) in [5.41, 5.74) is 5.52. The average Bonchev–Trinajstić information content (AvgIpc) is 3.53. The number of carbonyl (C=O) groups is 2. The number of ketones is 1. The Morgan fingerprint density at radius 2 is 1.29 bits per heavy atom. The minimum atomic E-state index is -0.619. The van der Waals surface area contributed by atoms with Gasteiger partial charge in [0.1, 0.15) is 11.7 Å². The molecule has 0 spiro atoms. The molecular formula is C28H44O3. The second kappa shape index (κ2) is 15.0. The molecule has 1 atom stereocenters. The fourth-order valence-corrected chi connectivity index (χ4v) is 3.53. The van der Waals surface area contributed by atoms with E-state index in [2.05, 4.69) is 58.9 Å². The van der Waals surface area contributed by atoms with Gasteiger partial charge in [-0.1, -0.05) is 46.6 Å². The molecule has 1 unspecified atom stereocenters. The Kier molecular flexibility index (Phi) is 13.1. The molecule has 0 aromatic heterocycles. The number of hydrogen-bond donors (Lipinski definition) is 0. The SMILES string of the molecule is CCOC(=O)C(CC=C(C)CCC=C(C)CCC=C(C)CCC=C(C)C)C(=O)C1CC1. The van der Waals surface area contributed by atoms with E-state index < -0.39 is 5.92 Å². The van der Waals surface area contributed by atoms with Crippen LogP contribution in [0.15, 0.2) is 46.6 Å². The topological polar surface area (TPSA) is 43.4 Å². The van der Waals surface area contributed by atoms with Crippen molar-refractivity contribution >= 4 is 11.8 Å². The molecule has 174 valence electrons. The largest absolute Gasteiger partial charge is 0.465 e. The van der Waals surface area contributed by atoms with Crippen LogP contribution >= 0.6 is 0 Å². The van der Waals surface area contributed by atoms with Gasteiger partial charge in [0.25, 0.3) is 0 Å². The van der Waals surface area contributed by atoms with Crippen LogP contribution in [0.25, 0.3) is 0 Å². The number of hydrogen-bond acceptors (Lipinski definition) is 3. The maximum absolute atomic E-state index is 12.4. The van der Waals surface area contributed by atoms with Gasteiger partial charge in [0.2, 0.25) is 0 Å². The molecule has 1 aliphatic carbocycles. The van der Waals surface area contributed by atoms with E-state index in [9.17, 15) is 9.59 Å². The third-order valence-corrected chi connectivity index (χ3v) is 5.75. The van der Waals surface area contributed by atoms with E-state index in [4.69, 9.17) is 4.74 Å². The fraction of sp³-hybridized carbons (Fsp3) is 0.643. The summed E-state index contributed by atoms with van der Waals surface area (Å²) in [6.07, 6.45) is 17.8. The molecule has 1 aliphatic rings. The van der Waals surface area contributed by atoms with Crippen LogP contribution in [0, 0.1) is 11.8 Å². The van der Waals surface area contributed by atoms with E-state index in [1.54, 1.807) is 6.92 Å². The van der Waals surface area contributed by atoms with Crippen molar-refractivity contribution in [3.05, 3.63) is 46.6 Å². The zero-order valence-corrected chi connectivity index (χ0v) is 20.8. The summed E-state index contributed by atoms with van der Waals surface area (Å²) in [6.45, 7) is 12.9. The van der Waals surface area contributed by atoms with Gasteiger partial charge in [-0.05, 0) is 99.3 Å². The van der Waals surface area contributed by atoms with Gasteiger partial charge in [0.15, 0.2) is 0 Å². The van der Waals surface area contributed by atoms with Gasteiger partial charge in [-0.15, -0.1) is 0 Å². The van der Waals surface area contributed by atoms with E-state index >= 15 is 0 Å². The lowest BCUT2D eigenvalue weighted by Gasteiger charge is -2.13. The van der Waals surface area contributed by atoms with Gasteiger partial charge in [0, 0.05) is 5.92 Å². The van der Waals surface area contributed by atoms with Crippen LogP contribution in [0.4, 0.5) is 0 Å². The first-order valence-corrected chi connectivity index (χ1v) is 12.0. The zero-order chi connectivity index (χ0) is 23.2. The number of rotatable bonds is 15. The monoisotopic (exact) mass is 428 g/mol. The van der Waals surface area contributed by atoms with Crippen molar-refractivity contribution in [1.29, 1.82) is 0 Å². The van der Waals surface area contributed by atoms with Crippen molar-refractivity contribution in [2.24, 2.45) is 11.8 Å². The van der Waals surface area contributed by atoms with Crippen LogP contribution in [-0.2, 0) is 14.3 Å². The van der Waals surface area contributed by atoms with Crippen molar-refractivity contribution < 1.29 is 14.3 Å². The molecule has 0 saturated heterocycles. The van der Waals surface area contributed by atoms with Crippen LogP contribution < -0.4 is 0 Å². The molecule has 31 heavy (non-hydrogen) atoms. The second-order valence-electron chi connectivity index (χ2n) is 9.27. The number of ether oxygens (including phenoxy) is 1. The Balaban J connectivity index is 2.40. The molecule has 3 nitrogen and oxygen atoms in total. The maximum atomic E-state index is 12.4. The van der Waals surface area contributed by atoms with Crippen molar-refractivity contribution in [3.8, 4) is 0 Å². The summed E-state index contributed by atoms with van der Waals surface area (Å²) in [5, 5.41) is 0. The van der Waals surface area contributed by atoms with Gasteiger partial charge in [-0.2, -0.15) is 0 Å². The number of allylic oxidation sites excluding steroid dienone is 8. The van der Waals surface area contributed by atoms with Gasteiger partial charge in [-0.3, -0.25) is 9.59 Å². The molecule has 0 radical (unpaired) electrons. The van der Waals surface area contributed by atoms with Gasteiger partial charge in [-0.25, -0.2) is 0 Å². The van der Waals surface area contributed by atoms with Crippen molar-refractivity contribution in [3.63, 3.8) is 0 Å². The molecule has 0 aliphatic heterocycles. The smallest absolute Gasteiger partial charge is 0.316 e. The minimum absolute atomic E-state index is 0.0717. The quantitative estimate of drug-likeness (QED) is 0.153. The molecule has 3 heteroatoms. The first-order chi connectivity index (χ1) is 14.7. The number of esters is 1. The lowest BCUT2D eigenvalue weighted by molar-refractivity contribution is -0.151. The molecule has 1 saturated carbocycles. The van der Waals surface area contributed by atoms with Gasteiger partial charge < -0.3 is 4.74 Å². The third-order valence-electron chi connectivity index (χ3n) is 5.75. The third kappa shape index (κ3) is 12.5. The molecule has 0 heterocycles. The Morgan fingerprint density at radius 3 is 1.74 bits per heavy atom. The van der Waals surface area contributed by atoms with Crippen molar-refractivity contribution in [2.75, 3.05) is 6.61 Å². The Bertz CT molecular complexity index is 698. The summed E-state index contributed by atoms with van der Waals surface area (Å²) in [7, 11) is 0. The average molecular weight is 429 g/mol. The van der Waals surface area contributed by atoms with Crippen molar-refractivity contribution in [2.45, 2.75) is 99.3 Å². The van der Waals surface area contributed by atoms with Crippen LogP contribution in [0.3, 0.4) is 0 Å². The maximum Gasteiger partial charge on any atom is 0.316 e. The molecule has 1 fully saturated rings. The minimum Gasteiger partial charge on any atom is -0.465 e. The lowest BCUT2D eigenvalue weighted by atomic mass is 9.95. The predicted octanol–water partition coefficient (Wildman–Crippen LogP) is 7.68. The van der Waals surface area contributed by atoms with Crippen molar-refractivity contribution in [1.82, 2.24) is 0 Å². The molecule has 0 bridgehead atoms. The molecule has 1 rings (SSSR count). The summed E-state index contributed by atoms with van der Waals surface area (Å²) in [5.74, 6) is -0.823. The first-order valence-electron chi connectivity index (χ1n) is 12.0. The van der Waals surface area contributed by atoms with E-state index in [1.165, 1.54) is 22.3 Å². The highest BCUT2D eigenvalue weighted by atomic mass is 16.5. The van der Waals surface area contributed by atoms with Crippen LogP contribution in [0.1, 0.15) is 99.3 Å². The lowest BCUT2D eigenvalue weighted by Crippen LogP contribution is -2.27. The highest BCUT2D eigenvalue weighted by molar-refractivity contribution is 6.01. The standard InChI is InChI=1S/C28H44O3/c1-7-31-28(30)26(27(29)25-18-19-25)20-17-24(6)16-10-15-23(5)14-9-13-22(4)12-8-11-21(2)3/h11,13,15,17,25-26H,7-10,12,14,16,18-20H2,1-6H3. The van der Waals surface area contributed by atoms with Gasteiger partial charge in [0.05, 0.1) is 6.61 Å². The summed E-state index contributed by atoms with van der Waals surface area (Å²) in [4.78, 5) is 24.6. The van der Waals surface area contributed by atoms with E-state index in [-0.39, 0.29) is 17.7 Å². The summed E-state index contributed by atoms with van der Waals surface area (Å²) >= 11 is 0.